The summed E-state index contributed by atoms with van der Waals surface area (Å²) in [7, 11) is 2.18. The molecule has 0 amide bonds. The summed E-state index contributed by atoms with van der Waals surface area (Å²) in [6.07, 6.45) is 9.41. The van der Waals surface area contributed by atoms with Gasteiger partial charge in [0.1, 0.15) is 0 Å². The third-order valence-electron chi connectivity index (χ3n) is 3.85. The Morgan fingerprint density at radius 3 is 2.55 bits per heavy atom. The first kappa shape index (κ1) is 18.4. The van der Waals surface area contributed by atoms with Gasteiger partial charge in [-0.3, -0.25) is 4.90 Å². The van der Waals surface area contributed by atoms with Gasteiger partial charge in [-0.25, -0.2) is 0 Å². The van der Waals surface area contributed by atoms with Crippen LogP contribution in [0.1, 0.15) is 50.3 Å². The monoisotopic (exact) mass is 297 g/mol. The summed E-state index contributed by atoms with van der Waals surface area (Å²) >= 11 is 0. The fourth-order valence-electron chi connectivity index (χ4n) is 2.79. The molecule has 0 radical (unpaired) electrons. The van der Waals surface area contributed by atoms with Gasteiger partial charge in [0.15, 0.2) is 0 Å². The minimum absolute atomic E-state index is 0.561. The van der Waals surface area contributed by atoms with E-state index < -0.39 is 0 Å². The molecule has 1 heteroatoms. The van der Waals surface area contributed by atoms with Gasteiger partial charge in [0, 0.05) is 13.1 Å². The molecular weight excluding hydrogens is 266 g/mol. The topological polar surface area (TPSA) is 3.24 Å². The summed E-state index contributed by atoms with van der Waals surface area (Å²) in [4.78, 5) is 2.36. The lowest BCUT2D eigenvalue weighted by Gasteiger charge is -2.19. The van der Waals surface area contributed by atoms with Gasteiger partial charge < -0.3 is 0 Å². The number of hydrogen-bond acceptors (Lipinski definition) is 1. The standard InChI is InChI=1S/C21H31N/c1-7-10-18(9-3)15-22(6)16-19-12-13-21(17(4)5)20(14-19)11-8-2/h7-10,12-14,17H,2,11,15-16H2,1,3-6H3/b10-7-,18-9+. The van der Waals surface area contributed by atoms with E-state index in [1.54, 1.807) is 0 Å². The Morgan fingerprint density at radius 2 is 2.00 bits per heavy atom. The van der Waals surface area contributed by atoms with Crippen molar-refractivity contribution in [3.63, 3.8) is 0 Å². The molecule has 1 aromatic carbocycles. The van der Waals surface area contributed by atoms with Crippen LogP contribution in [0, 0.1) is 0 Å². The molecule has 1 nitrogen and oxygen atoms in total. The Kier molecular flexibility index (Phi) is 7.90. The van der Waals surface area contributed by atoms with Gasteiger partial charge in [-0.15, -0.1) is 6.58 Å². The summed E-state index contributed by atoms with van der Waals surface area (Å²) in [6.45, 7) is 14.5. The third kappa shape index (κ3) is 5.65. The minimum atomic E-state index is 0.561. The molecule has 0 unspecified atom stereocenters. The molecule has 0 atom stereocenters. The number of rotatable bonds is 8. The Balaban J connectivity index is 2.85. The minimum Gasteiger partial charge on any atom is -0.298 e. The normalized spacial score (nSPS) is 12.6. The van der Waals surface area contributed by atoms with E-state index in [0.29, 0.717) is 5.92 Å². The molecule has 0 aliphatic rings. The second-order valence-corrected chi connectivity index (χ2v) is 6.22. The first-order valence-corrected chi connectivity index (χ1v) is 8.20. The zero-order valence-corrected chi connectivity index (χ0v) is 14.9. The maximum Gasteiger partial charge on any atom is 0.0234 e. The van der Waals surface area contributed by atoms with E-state index in [-0.39, 0.29) is 0 Å². The third-order valence-corrected chi connectivity index (χ3v) is 3.85. The highest BCUT2D eigenvalue weighted by Gasteiger charge is 2.08. The van der Waals surface area contributed by atoms with Crippen molar-refractivity contribution in [1.29, 1.82) is 0 Å². The first-order chi connectivity index (χ1) is 10.5. The van der Waals surface area contributed by atoms with E-state index in [0.717, 1.165) is 19.5 Å². The molecule has 0 aliphatic heterocycles. The van der Waals surface area contributed by atoms with Crippen LogP contribution in [0.3, 0.4) is 0 Å². The highest BCUT2D eigenvalue weighted by molar-refractivity contribution is 5.35. The summed E-state index contributed by atoms with van der Waals surface area (Å²) < 4.78 is 0. The molecule has 1 aromatic rings. The van der Waals surface area contributed by atoms with Crippen molar-refractivity contribution in [2.24, 2.45) is 0 Å². The second kappa shape index (κ2) is 9.42. The molecule has 0 bridgehead atoms. The van der Waals surface area contributed by atoms with Crippen LogP contribution in [-0.2, 0) is 13.0 Å². The maximum atomic E-state index is 3.89. The van der Waals surface area contributed by atoms with Crippen molar-refractivity contribution in [3.8, 4) is 0 Å². The van der Waals surface area contributed by atoms with Gasteiger partial charge >= 0.3 is 0 Å². The molecular formula is C21H31N. The zero-order chi connectivity index (χ0) is 16.5. The summed E-state index contributed by atoms with van der Waals surface area (Å²) in [6, 6.07) is 6.90. The lowest BCUT2D eigenvalue weighted by molar-refractivity contribution is 0.357. The number of hydrogen-bond donors (Lipinski definition) is 0. The average Bonchev–Trinajstić information content (AvgIpc) is 2.47. The SMILES string of the molecule is C=CCc1cc(CN(C)CC(/C=C\C)=C/C)ccc1C(C)C. The van der Waals surface area contributed by atoms with Crippen molar-refractivity contribution in [3.05, 3.63) is 71.3 Å². The Hall–Kier alpha value is -1.60. The number of nitrogens with zero attached hydrogens (tertiary/aromatic N) is 1. The van der Waals surface area contributed by atoms with Crippen LogP contribution in [0.15, 0.2) is 54.7 Å². The van der Waals surface area contributed by atoms with E-state index in [1.807, 2.05) is 6.08 Å². The molecule has 0 aromatic heterocycles. The first-order valence-electron chi connectivity index (χ1n) is 8.20. The molecule has 0 N–H and O–H groups in total. The number of likely N-dealkylation sites (N-methyl/N-ethyl adjacent to an activating group) is 1. The Bertz CT molecular complexity index is 535. The molecule has 0 heterocycles. The Morgan fingerprint density at radius 1 is 1.27 bits per heavy atom. The lowest BCUT2D eigenvalue weighted by atomic mass is 9.93. The quantitative estimate of drug-likeness (QED) is 0.453. The lowest BCUT2D eigenvalue weighted by Crippen LogP contribution is -2.20. The van der Waals surface area contributed by atoms with E-state index >= 15 is 0 Å². The van der Waals surface area contributed by atoms with Crippen molar-refractivity contribution >= 4 is 0 Å². The molecule has 120 valence electrons. The molecule has 0 aliphatic carbocycles. The molecule has 0 saturated heterocycles. The van der Waals surface area contributed by atoms with Crippen LogP contribution in [0.4, 0.5) is 0 Å². The Labute approximate surface area is 137 Å². The van der Waals surface area contributed by atoms with E-state index in [4.69, 9.17) is 0 Å². The van der Waals surface area contributed by atoms with Crippen LogP contribution in [0.25, 0.3) is 0 Å². The smallest absolute Gasteiger partial charge is 0.0234 e. The van der Waals surface area contributed by atoms with Crippen LogP contribution in [0.2, 0.25) is 0 Å². The summed E-state index contributed by atoms with van der Waals surface area (Å²) in [5, 5.41) is 0. The van der Waals surface area contributed by atoms with Gasteiger partial charge in [0.05, 0.1) is 0 Å². The number of allylic oxidation sites excluding steroid dienone is 3. The predicted molar refractivity (Wildman–Crippen MR) is 99.3 cm³/mol. The van der Waals surface area contributed by atoms with Crippen LogP contribution < -0.4 is 0 Å². The molecule has 0 saturated carbocycles. The van der Waals surface area contributed by atoms with E-state index in [1.165, 1.54) is 22.3 Å². The number of benzene rings is 1. The van der Waals surface area contributed by atoms with Crippen molar-refractivity contribution in [1.82, 2.24) is 4.90 Å². The molecule has 0 fully saturated rings. The predicted octanol–water partition coefficient (Wildman–Crippen LogP) is 5.49. The van der Waals surface area contributed by atoms with E-state index in [2.05, 4.69) is 82.6 Å². The summed E-state index contributed by atoms with van der Waals surface area (Å²) in [5.74, 6) is 0.561. The zero-order valence-electron chi connectivity index (χ0n) is 14.9. The van der Waals surface area contributed by atoms with Crippen LogP contribution in [-0.4, -0.2) is 18.5 Å². The van der Waals surface area contributed by atoms with Gasteiger partial charge in [-0.05, 0) is 55.5 Å². The van der Waals surface area contributed by atoms with Gasteiger partial charge in [0.2, 0.25) is 0 Å². The molecule has 0 spiro atoms. The van der Waals surface area contributed by atoms with Crippen molar-refractivity contribution in [2.45, 2.75) is 46.6 Å². The largest absolute Gasteiger partial charge is 0.298 e. The highest BCUT2D eigenvalue weighted by Crippen LogP contribution is 2.22. The van der Waals surface area contributed by atoms with Crippen LogP contribution in [0.5, 0.6) is 0 Å². The van der Waals surface area contributed by atoms with Crippen LogP contribution >= 0.6 is 0 Å². The average molecular weight is 297 g/mol. The van der Waals surface area contributed by atoms with Gasteiger partial charge in [0.25, 0.3) is 0 Å². The van der Waals surface area contributed by atoms with Crippen molar-refractivity contribution in [2.75, 3.05) is 13.6 Å². The van der Waals surface area contributed by atoms with E-state index in [9.17, 15) is 0 Å². The fourth-order valence-corrected chi connectivity index (χ4v) is 2.79. The summed E-state index contributed by atoms with van der Waals surface area (Å²) in [5.41, 5.74) is 5.58. The van der Waals surface area contributed by atoms with Gasteiger partial charge in [-0.2, -0.15) is 0 Å². The molecule has 1 rings (SSSR count). The van der Waals surface area contributed by atoms with Gasteiger partial charge in [-0.1, -0.05) is 56.4 Å². The highest BCUT2D eigenvalue weighted by atomic mass is 15.1. The molecule has 22 heavy (non-hydrogen) atoms. The fraction of sp³-hybridized carbons (Fsp3) is 0.429. The maximum absolute atomic E-state index is 3.89. The second-order valence-electron chi connectivity index (χ2n) is 6.22. The van der Waals surface area contributed by atoms with Crippen molar-refractivity contribution < 1.29 is 0 Å².